The molecule has 0 aliphatic rings. The third-order valence-corrected chi connectivity index (χ3v) is 6.44. The molecule has 0 aliphatic heterocycles. The lowest BCUT2D eigenvalue weighted by molar-refractivity contribution is 0.467. The predicted octanol–water partition coefficient (Wildman–Crippen LogP) is 3.47. The van der Waals surface area contributed by atoms with Crippen molar-refractivity contribution in [2.45, 2.75) is 44.4 Å². The summed E-state index contributed by atoms with van der Waals surface area (Å²) in [6.07, 6.45) is 0. The zero-order valence-electron chi connectivity index (χ0n) is 13.4. The topological polar surface area (TPSA) is 74.6 Å². The molecular formula is C17H20O4S. The average molecular weight is 320 g/mol. The Hall–Kier alpha value is -2.01. The summed E-state index contributed by atoms with van der Waals surface area (Å²) in [5.74, 6) is 0.0354. The molecule has 5 heteroatoms. The van der Waals surface area contributed by atoms with Crippen molar-refractivity contribution in [1.82, 2.24) is 0 Å². The van der Waals surface area contributed by atoms with Gasteiger partial charge in [0.15, 0.2) is 0 Å². The highest BCUT2D eigenvalue weighted by atomic mass is 32.2. The van der Waals surface area contributed by atoms with E-state index in [1.807, 2.05) is 0 Å². The van der Waals surface area contributed by atoms with Gasteiger partial charge in [-0.05, 0) is 69.0 Å². The van der Waals surface area contributed by atoms with E-state index in [0.717, 1.165) is 0 Å². The smallest absolute Gasteiger partial charge is 0.207 e. The Morgan fingerprint density at radius 3 is 1.86 bits per heavy atom. The van der Waals surface area contributed by atoms with E-state index in [1.165, 1.54) is 12.1 Å². The summed E-state index contributed by atoms with van der Waals surface area (Å²) in [7, 11) is -3.79. The van der Waals surface area contributed by atoms with Gasteiger partial charge in [0.2, 0.25) is 9.84 Å². The van der Waals surface area contributed by atoms with Crippen LogP contribution < -0.4 is 0 Å². The molecule has 0 fully saturated rings. The van der Waals surface area contributed by atoms with Crippen molar-refractivity contribution in [3.05, 3.63) is 46.0 Å². The SMILES string of the molecule is Cc1ccc(O)c(C)c1S(=O)(=O)c1c(C)cc(O)c(C)c1C. The van der Waals surface area contributed by atoms with Crippen molar-refractivity contribution in [3.8, 4) is 11.5 Å². The predicted molar refractivity (Wildman–Crippen MR) is 85.4 cm³/mol. The van der Waals surface area contributed by atoms with Crippen molar-refractivity contribution in [2.75, 3.05) is 0 Å². The number of sulfone groups is 1. The van der Waals surface area contributed by atoms with Gasteiger partial charge >= 0.3 is 0 Å². The molecule has 0 amide bonds. The van der Waals surface area contributed by atoms with Gasteiger partial charge in [-0.1, -0.05) is 6.07 Å². The normalized spacial score (nSPS) is 11.7. The number of aryl methyl sites for hydroxylation is 2. The Balaban J connectivity index is 2.90. The average Bonchev–Trinajstić information content (AvgIpc) is 2.40. The van der Waals surface area contributed by atoms with Crippen LogP contribution in [0.2, 0.25) is 0 Å². The van der Waals surface area contributed by atoms with Gasteiger partial charge in [-0.25, -0.2) is 8.42 Å². The highest BCUT2D eigenvalue weighted by molar-refractivity contribution is 7.91. The number of benzene rings is 2. The summed E-state index contributed by atoms with van der Waals surface area (Å²) >= 11 is 0. The molecule has 2 aromatic carbocycles. The first-order chi connectivity index (χ1) is 10.1. The van der Waals surface area contributed by atoms with Gasteiger partial charge in [0, 0.05) is 5.56 Å². The zero-order chi connectivity index (χ0) is 16.8. The van der Waals surface area contributed by atoms with Crippen LogP contribution in [0.3, 0.4) is 0 Å². The minimum atomic E-state index is -3.79. The Morgan fingerprint density at radius 1 is 0.727 bits per heavy atom. The standard InChI is InChI=1S/C17H20O4S/c1-9-6-7-14(18)13(5)16(9)22(20,21)17-10(2)8-15(19)11(3)12(17)4/h6-8,18-19H,1-5H3. The quantitative estimate of drug-likeness (QED) is 0.888. The molecule has 0 bridgehead atoms. The number of phenolic OH excluding ortho intramolecular Hbond substituents is 2. The summed E-state index contributed by atoms with van der Waals surface area (Å²) in [5, 5.41) is 19.7. The van der Waals surface area contributed by atoms with E-state index in [9.17, 15) is 18.6 Å². The fourth-order valence-electron chi connectivity index (χ4n) is 2.78. The molecule has 0 heterocycles. The zero-order valence-corrected chi connectivity index (χ0v) is 14.2. The Kier molecular flexibility index (Phi) is 3.96. The summed E-state index contributed by atoms with van der Waals surface area (Å²) in [5.41, 5.74) is 2.48. The number of hydrogen-bond acceptors (Lipinski definition) is 4. The Morgan fingerprint density at radius 2 is 1.27 bits per heavy atom. The van der Waals surface area contributed by atoms with Gasteiger partial charge in [-0.3, -0.25) is 0 Å². The first-order valence-electron chi connectivity index (χ1n) is 6.93. The molecule has 0 aliphatic carbocycles. The van der Waals surface area contributed by atoms with Gasteiger partial charge in [0.05, 0.1) is 9.79 Å². The molecule has 4 nitrogen and oxygen atoms in total. The second-order valence-corrected chi connectivity index (χ2v) is 7.47. The molecule has 0 saturated carbocycles. The van der Waals surface area contributed by atoms with E-state index in [2.05, 4.69) is 0 Å². The second kappa shape index (κ2) is 5.32. The number of hydrogen-bond donors (Lipinski definition) is 2. The maximum Gasteiger partial charge on any atom is 0.207 e. The van der Waals surface area contributed by atoms with E-state index >= 15 is 0 Å². The minimum Gasteiger partial charge on any atom is -0.508 e. The lowest BCUT2D eigenvalue weighted by atomic mass is 10.1. The van der Waals surface area contributed by atoms with Crippen LogP contribution in [0.4, 0.5) is 0 Å². The van der Waals surface area contributed by atoms with Crippen LogP contribution in [0.5, 0.6) is 11.5 Å². The van der Waals surface area contributed by atoms with Crippen molar-refractivity contribution >= 4 is 9.84 Å². The van der Waals surface area contributed by atoms with E-state index < -0.39 is 9.84 Å². The van der Waals surface area contributed by atoms with Crippen molar-refractivity contribution < 1.29 is 18.6 Å². The summed E-state index contributed by atoms with van der Waals surface area (Å²) in [6.45, 7) is 8.32. The molecule has 0 radical (unpaired) electrons. The molecule has 0 spiro atoms. The highest BCUT2D eigenvalue weighted by Gasteiger charge is 2.28. The molecular weight excluding hydrogens is 300 g/mol. The van der Waals surface area contributed by atoms with Crippen LogP contribution in [0.1, 0.15) is 27.8 Å². The van der Waals surface area contributed by atoms with E-state index in [0.29, 0.717) is 27.8 Å². The first kappa shape index (κ1) is 16.4. The molecule has 2 aromatic rings. The molecule has 0 saturated heterocycles. The van der Waals surface area contributed by atoms with Gasteiger partial charge in [0.1, 0.15) is 11.5 Å². The number of aromatic hydroxyl groups is 2. The van der Waals surface area contributed by atoms with Gasteiger partial charge < -0.3 is 10.2 Å². The summed E-state index contributed by atoms with van der Waals surface area (Å²) in [4.78, 5) is 0.323. The summed E-state index contributed by atoms with van der Waals surface area (Å²) < 4.78 is 26.3. The molecule has 2 N–H and O–H groups in total. The molecule has 0 atom stereocenters. The fraction of sp³-hybridized carbons (Fsp3) is 0.294. The van der Waals surface area contributed by atoms with E-state index in [-0.39, 0.29) is 21.3 Å². The molecule has 118 valence electrons. The van der Waals surface area contributed by atoms with Crippen LogP contribution in [-0.2, 0) is 9.84 Å². The molecule has 0 unspecified atom stereocenters. The van der Waals surface area contributed by atoms with Crippen LogP contribution in [0.25, 0.3) is 0 Å². The molecule has 2 rings (SSSR count). The number of phenols is 2. The third-order valence-electron chi connectivity index (χ3n) is 4.11. The Bertz CT molecular complexity index is 865. The van der Waals surface area contributed by atoms with E-state index in [1.54, 1.807) is 40.7 Å². The first-order valence-corrected chi connectivity index (χ1v) is 8.41. The van der Waals surface area contributed by atoms with Crippen LogP contribution in [0, 0.1) is 34.6 Å². The Labute approximate surface area is 131 Å². The fourth-order valence-corrected chi connectivity index (χ4v) is 5.03. The maximum absolute atomic E-state index is 13.1. The van der Waals surface area contributed by atoms with Crippen molar-refractivity contribution in [3.63, 3.8) is 0 Å². The van der Waals surface area contributed by atoms with Gasteiger partial charge in [-0.2, -0.15) is 0 Å². The van der Waals surface area contributed by atoms with Gasteiger partial charge in [0.25, 0.3) is 0 Å². The lowest BCUT2D eigenvalue weighted by Crippen LogP contribution is -2.11. The van der Waals surface area contributed by atoms with Crippen LogP contribution in [-0.4, -0.2) is 18.6 Å². The minimum absolute atomic E-state index is 0.0463. The molecule has 0 aromatic heterocycles. The number of rotatable bonds is 2. The van der Waals surface area contributed by atoms with Crippen molar-refractivity contribution in [1.29, 1.82) is 0 Å². The van der Waals surface area contributed by atoms with Crippen LogP contribution >= 0.6 is 0 Å². The lowest BCUT2D eigenvalue weighted by Gasteiger charge is -2.17. The monoisotopic (exact) mass is 320 g/mol. The largest absolute Gasteiger partial charge is 0.508 e. The van der Waals surface area contributed by atoms with Crippen LogP contribution in [0.15, 0.2) is 28.0 Å². The molecule has 22 heavy (non-hydrogen) atoms. The van der Waals surface area contributed by atoms with E-state index in [4.69, 9.17) is 0 Å². The third kappa shape index (κ3) is 2.35. The second-order valence-electron chi connectivity index (χ2n) is 5.65. The van der Waals surface area contributed by atoms with Crippen molar-refractivity contribution in [2.24, 2.45) is 0 Å². The summed E-state index contributed by atoms with van der Waals surface area (Å²) in [6, 6.07) is 4.54. The van der Waals surface area contributed by atoms with Gasteiger partial charge in [-0.15, -0.1) is 0 Å². The maximum atomic E-state index is 13.1. The highest BCUT2D eigenvalue weighted by Crippen LogP contribution is 2.37.